The minimum absolute atomic E-state index is 0.200. The van der Waals surface area contributed by atoms with E-state index in [0.29, 0.717) is 23.7 Å². The molecule has 128 valence electrons. The van der Waals surface area contributed by atoms with E-state index in [0.717, 1.165) is 11.1 Å². The van der Waals surface area contributed by atoms with Gasteiger partial charge in [0.15, 0.2) is 0 Å². The summed E-state index contributed by atoms with van der Waals surface area (Å²) in [5, 5.41) is 2.84. The summed E-state index contributed by atoms with van der Waals surface area (Å²) in [5.74, 6) is 0.0326. The molecule has 0 aliphatic carbocycles. The molecule has 3 rings (SSSR count). The third kappa shape index (κ3) is 3.10. The van der Waals surface area contributed by atoms with E-state index in [4.69, 9.17) is 4.74 Å². The molecule has 1 unspecified atom stereocenters. The van der Waals surface area contributed by atoms with Crippen molar-refractivity contribution in [2.75, 3.05) is 7.11 Å². The van der Waals surface area contributed by atoms with E-state index in [9.17, 15) is 9.59 Å². The average Bonchev–Trinajstić information content (AvgIpc) is 2.90. The van der Waals surface area contributed by atoms with Crippen molar-refractivity contribution in [1.29, 1.82) is 0 Å². The van der Waals surface area contributed by atoms with E-state index in [2.05, 4.69) is 16.9 Å². The molecule has 0 fully saturated rings. The molecule has 25 heavy (non-hydrogen) atoms. The lowest BCUT2D eigenvalue weighted by molar-refractivity contribution is -0.124. The number of benzene rings is 1. The second kappa shape index (κ2) is 6.76. The largest absolute Gasteiger partial charge is 0.481 e. The fourth-order valence-corrected chi connectivity index (χ4v) is 2.84. The lowest BCUT2D eigenvalue weighted by Crippen LogP contribution is -2.44. The predicted molar refractivity (Wildman–Crippen MR) is 93.7 cm³/mol. The Labute approximate surface area is 146 Å². The summed E-state index contributed by atoms with van der Waals surface area (Å²) in [6.45, 7) is 5.99. The Kier molecular flexibility index (Phi) is 4.52. The third-order valence-corrected chi connectivity index (χ3v) is 4.22. The highest BCUT2D eigenvalue weighted by atomic mass is 16.5. The maximum absolute atomic E-state index is 12.6. The summed E-state index contributed by atoms with van der Waals surface area (Å²) >= 11 is 0. The quantitative estimate of drug-likeness (QED) is 0.908. The van der Waals surface area contributed by atoms with Crippen molar-refractivity contribution in [1.82, 2.24) is 15.2 Å². The molecule has 2 amide bonds. The molecule has 0 radical (unpaired) electrons. The molecule has 0 spiro atoms. The normalized spacial score (nSPS) is 14.2. The van der Waals surface area contributed by atoms with Gasteiger partial charge in [-0.15, -0.1) is 0 Å². The number of carbonyl (C=O) groups is 2. The van der Waals surface area contributed by atoms with Crippen LogP contribution in [0.4, 0.5) is 0 Å². The minimum atomic E-state index is -0.656. The van der Waals surface area contributed by atoms with Crippen LogP contribution >= 0.6 is 0 Å². The molecular formula is C19H19N3O3. The van der Waals surface area contributed by atoms with Gasteiger partial charge >= 0.3 is 0 Å². The highest BCUT2D eigenvalue weighted by molar-refractivity contribution is 6.10. The molecule has 1 atom stereocenters. The summed E-state index contributed by atoms with van der Waals surface area (Å²) < 4.78 is 5.07. The molecule has 6 heteroatoms. The van der Waals surface area contributed by atoms with Gasteiger partial charge in [-0.05, 0) is 24.6 Å². The van der Waals surface area contributed by atoms with Crippen molar-refractivity contribution < 1.29 is 14.3 Å². The first-order valence-electron chi connectivity index (χ1n) is 7.91. The third-order valence-electron chi connectivity index (χ3n) is 4.22. The number of methoxy groups -OCH3 is 1. The van der Waals surface area contributed by atoms with Gasteiger partial charge in [0, 0.05) is 35.6 Å². The highest BCUT2D eigenvalue weighted by Gasteiger charge is 2.36. The van der Waals surface area contributed by atoms with Crippen LogP contribution in [0.3, 0.4) is 0 Å². The standard InChI is InChI=1S/C19H19N3O3/c1-12-15-6-4-5-7-16(15)19(24)22(12)13(2)18(23)21-11-14-8-9-20-17(10-14)25-3/h4-10,13H,1,11H2,2-3H3,(H,21,23). The number of fused-ring (bicyclic) bond motifs is 1. The number of carbonyl (C=O) groups excluding carboxylic acids is 2. The summed E-state index contributed by atoms with van der Waals surface area (Å²) in [6, 6.07) is 10.1. The molecule has 0 bridgehead atoms. The van der Waals surface area contributed by atoms with Crippen molar-refractivity contribution in [3.8, 4) is 5.88 Å². The van der Waals surface area contributed by atoms with Gasteiger partial charge in [-0.2, -0.15) is 0 Å². The molecule has 1 aliphatic rings. The predicted octanol–water partition coefficient (Wildman–Crippen LogP) is 2.22. The second-order valence-electron chi connectivity index (χ2n) is 5.77. The fraction of sp³-hybridized carbons (Fsp3) is 0.211. The first-order valence-corrected chi connectivity index (χ1v) is 7.91. The Morgan fingerprint density at radius 1 is 1.32 bits per heavy atom. The van der Waals surface area contributed by atoms with Crippen molar-refractivity contribution in [3.05, 3.63) is 65.9 Å². The fourth-order valence-electron chi connectivity index (χ4n) is 2.84. The summed E-state index contributed by atoms with van der Waals surface area (Å²) in [4.78, 5) is 30.5. The van der Waals surface area contributed by atoms with Crippen LogP contribution in [0.5, 0.6) is 5.88 Å². The van der Waals surface area contributed by atoms with Crippen molar-refractivity contribution in [3.63, 3.8) is 0 Å². The number of pyridine rings is 1. The number of nitrogens with one attached hydrogen (secondary N) is 1. The van der Waals surface area contributed by atoms with E-state index in [-0.39, 0.29) is 11.8 Å². The maximum Gasteiger partial charge on any atom is 0.259 e. The van der Waals surface area contributed by atoms with Gasteiger partial charge in [0.05, 0.1) is 7.11 Å². The Morgan fingerprint density at radius 3 is 2.72 bits per heavy atom. The van der Waals surface area contributed by atoms with Crippen molar-refractivity contribution >= 4 is 17.5 Å². The second-order valence-corrected chi connectivity index (χ2v) is 5.77. The zero-order valence-corrected chi connectivity index (χ0v) is 14.2. The maximum atomic E-state index is 12.6. The van der Waals surface area contributed by atoms with Crippen LogP contribution in [0.25, 0.3) is 5.70 Å². The number of nitrogens with zero attached hydrogens (tertiary/aromatic N) is 2. The molecule has 6 nitrogen and oxygen atoms in total. The van der Waals surface area contributed by atoms with Crippen LogP contribution < -0.4 is 10.1 Å². The summed E-state index contributed by atoms with van der Waals surface area (Å²) in [7, 11) is 1.54. The van der Waals surface area contributed by atoms with Crippen molar-refractivity contribution in [2.24, 2.45) is 0 Å². The molecule has 2 heterocycles. The number of hydrogen-bond donors (Lipinski definition) is 1. The van der Waals surface area contributed by atoms with Gasteiger partial charge in [-0.25, -0.2) is 4.98 Å². The van der Waals surface area contributed by atoms with Gasteiger partial charge < -0.3 is 10.1 Å². The van der Waals surface area contributed by atoms with Crippen LogP contribution in [0, 0.1) is 0 Å². The lowest BCUT2D eigenvalue weighted by Gasteiger charge is -2.24. The molecule has 1 aliphatic heterocycles. The summed E-state index contributed by atoms with van der Waals surface area (Å²) in [6.07, 6.45) is 1.62. The Balaban J connectivity index is 1.69. The number of amides is 2. The number of aromatic nitrogens is 1. The van der Waals surface area contributed by atoms with Crippen LogP contribution in [0.2, 0.25) is 0 Å². The van der Waals surface area contributed by atoms with Gasteiger partial charge in [0.1, 0.15) is 6.04 Å². The SMILES string of the molecule is C=C1c2ccccc2C(=O)N1C(C)C(=O)NCc1ccnc(OC)c1. The monoisotopic (exact) mass is 337 g/mol. The average molecular weight is 337 g/mol. The first-order chi connectivity index (χ1) is 12.0. The van der Waals surface area contributed by atoms with E-state index < -0.39 is 6.04 Å². The Hall–Kier alpha value is -3.15. The summed E-state index contributed by atoms with van der Waals surface area (Å²) in [5.41, 5.74) is 2.76. The highest BCUT2D eigenvalue weighted by Crippen LogP contribution is 2.32. The Morgan fingerprint density at radius 2 is 2.04 bits per heavy atom. The number of rotatable bonds is 5. The zero-order chi connectivity index (χ0) is 18.0. The lowest BCUT2D eigenvalue weighted by atomic mass is 10.1. The van der Waals surface area contributed by atoms with Crippen LogP contribution in [0.1, 0.15) is 28.4 Å². The number of hydrogen-bond acceptors (Lipinski definition) is 4. The molecular weight excluding hydrogens is 318 g/mol. The molecule has 2 aromatic rings. The van der Waals surface area contributed by atoms with E-state index in [1.165, 1.54) is 12.0 Å². The van der Waals surface area contributed by atoms with Crippen molar-refractivity contribution in [2.45, 2.75) is 19.5 Å². The first kappa shape index (κ1) is 16.7. The smallest absolute Gasteiger partial charge is 0.259 e. The van der Waals surface area contributed by atoms with Gasteiger partial charge in [-0.1, -0.05) is 24.8 Å². The van der Waals surface area contributed by atoms with E-state index >= 15 is 0 Å². The van der Waals surface area contributed by atoms with Gasteiger partial charge in [0.2, 0.25) is 11.8 Å². The van der Waals surface area contributed by atoms with Crippen LogP contribution in [-0.2, 0) is 11.3 Å². The van der Waals surface area contributed by atoms with Crippen LogP contribution in [-0.4, -0.2) is 34.8 Å². The molecule has 1 aromatic carbocycles. The number of ether oxygens (including phenoxy) is 1. The van der Waals surface area contributed by atoms with E-state index in [1.54, 1.807) is 37.4 Å². The van der Waals surface area contributed by atoms with Gasteiger partial charge in [0.25, 0.3) is 5.91 Å². The van der Waals surface area contributed by atoms with Gasteiger partial charge in [-0.3, -0.25) is 14.5 Å². The minimum Gasteiger partial charge on any atom is -0.481 e. The molecule has 0 saturated carbocycles. The molecule has 1 aromatic heterocycles. The topological polar surface area (TPSA) is 71.5 Å². The Bertz CT molecular complexity index is 812. The molecule has 0 saturated heterocycles. The molecule has 1 N–H and O–H groups in total. The van der Waals surface area contributed by atoms with E-state index in [1.807, 2.05) is 12.1 Å². The van der Waals surface area contributed by atoms with Crippen LogP contribution in [0.15, 0.2) is 49.2 Å². The zero-order valence-electron chi connectivity index (χ0n) is 14.2.